The molecule has 0 aliphatic heterocycles. The number of hydrogen-bond acceptors (Lipinski definition) is 5. The summed E-state index contributed by atoms with van der Waals surface area (Å²) in [5.74, 6) is -0.300. The summed E-state index contributed by atoms with van der Waals surface area (Å²) >= 11 is 0. The van der Waals surface area contributed by atoms with Crippen LogP contribution in [0.1, 0.15) is 52.9 Å². The van der Waals surface area contributed by atoms with Gasteiger partial charge in [-0.25, -0.2) is 8.42 Å². The van der Waals surface area contributed by atoms with Gasteiger partial charge in [0.25, 0.3) is 0 Å². The molecule has 3 atom stereocenters. The molecule has 0 heterocycles. The van der Waals surface area contributed by atoms with Crippen molar-refractivity contribution < 1.29 is 17.9 Å². The predicted octanol–water partition coefficient (Wildman–Crippen LogP) is 1.90. The van der Waals surface area contributed by atoms with Gasteiger partial charge in [-0.2, -0.15) is 0 Å². The van der Waals surface area contributed by atoms with Crippen molar-refractivity contribution in [1.82, 2.24) is 0 Å². The Morgan fingerprint density at radius 1 is 1.33 bits per heavy atom. The van der Waals surface area contributed by atoms with Gasteiger partial charge in [0.1, 0.15) is 0 Å². The van der Waals surface area contributed by atoms with Crippen LogP contribution in [0.5, 0.6) is 0 Å². The monoisotopic (exact) mass is 319 g/mol. The lowest BCUT2D eigenvalue weighted by atomic mass is 9.69. The Bertz CT molecular complexity index is 458. The van der Waals surface area contributed by atoms with Crippen molar-refractivity contribution >= 4 is 15.8 Å². The number of methoxy groups -OCH3 is 1. The fourth-order valence-corrected chi connectivity index (χ4v) is 4.99. The van der Waals surface area contributed by atoms with Crippen LogP contribution in [0, 0.1) is 11.3 Å². The van der Waals surface area contributed by atoms with Gasteiger partial charge >= 0.3 is 5.97 Å². The first-order valence-corrected chi connectivity index (χ1v) is 9.39. The number of ether oxygens (including phenoxy) is 1. The predicted molar refractivity (Wildman–Crippen MR) is 83.6 cm³/mol. The molecular weight excluding hydrogens is 290 g/mol. The zero-order valence-electron chi connectivity index (χ0n) is 13.6. The Morgan fingerprint density at radius 2 is 1.95 bits per heavy atom. The molecule has 1 aliphatic carbocycles. The van der Waals surface area contributed by atoms with Gasteiger partial charge in [0.05, 0.1) is 24.5 Å². The largest absolute Gasteiger partial charge is 0.469 e. The maximum Gasteiger partial charge on any atom is 0.306 e. The summed E-state index contributed by atoms with van der Waals surface area (Å²) in [4.78, 5) is 11.2. The molecule has 21 heavy (non-hydrogen) atoms. The van der Waals surface area contributed by atoms with Crippen LogP contribution >= 0.6 is 0 Å². The first-order chi connectivity index (χ1) is 9.64. The Balaban J connectivity index is 2.81. The highest BCUT2D eigenvalue weighted by atomic mass is 32.2. The third kappa shape index (κ3) is 4.68. The van der Waals surface area contributed by atoms with E-state index in [4.69, 9.17) is 5.73 Å². The summed E-state index contributed by atoms with van der Waals surface area (Å²) in [6.07, 6.45) is 3.23. The SMILES string of the molecule is CCC(C)(C)C1CCC(N)C(S(=O)(=O)CCC(=O)OC)C1. The summed E-state index contributed by atoms with van der Waals surface area (Å²) in [5.41, 5.74) is 6.18. The molecule has 0 spiro atoms. The minimum Gasteiger partial charge on any atom is -0.469 e. The molecule has 3 unspecified atom stereocenters. The second-order valence-corrected chi connectivity index (χ2v) is 9.09. The number of nitrogens with two attached hydrogens (primary N) is 1. The molecule has 0 amide bonds. The number of hydrogen-bond donors (Lipinski definition) is 1. The van der Waals surface area contributed by atoms with Crippen LogP contribution < -0.4 is 5.73 Å². The highest BCUT2D eigenvalue weighted by Gasteiger charge is 2.41. The molecule has 6 heteroatoms. The van der Waals surface area contributed by atoms with Crippen LogP contribution in [0.2, 0.25) is 0 Å². The molecule has 0 saturated heterocycles. The van der Waals surface area contributed by atoms with Crippen molar-refractivity contribution in [3.63, 3.8) is 0 Å². The Morgan fingerprint density at radius 3 is 2.48 bits per heavy atom. The average Bonchev–Trinajstić information content (AvgIpc) is 2.44. The average molecular weight is 319 g/mol. The molecule has 1 fully saturated rings. The van der Waals surface area contributed by atoms with Gasteiger partial charge < -0.3 is 10.5 Å². The van der Waals surface area contributed by atoms with E-state index < -0.39 is 21.1 Å². The van der Waals surface area contributed by atoms with Crippen molar-refractivity contribution in [2.75, 3.05) is 12.9 Å². The fourth-order valence-electron chi connectivity index (χ4n) is 3.04. The van der Waals surface area contributed by atoms with E-state index >= 15 is 0 Å². The van der Waals surface area contributed by atoms with Gasteiger partial charge in [0, 0.05) is 6.04 Å². The lowest BCUT2D eigenvalue weighted by Gasteiger charge is -2.41. The molecule has 0 aromatic rings. The van der Waals surface area contributed by atoms with Gasteiger partial charge in [-0.05, 0) is 30.6 Å². The molecule has 2 N–H and O–H groups in total. The van der Waals surface area contributed by atoms with E-state index in [0.29, 0.717) is 12.3 Å². The minimum atomic E-state index is -3.36. The standard InChI is InChI=1S/C15H29NO4S/c1-5-15(2,3)11-6-7-12(16)13(10-11)21(18,19)9-8-14(17)20-4/h11-13H,5-10,16H2,1-4H3. The second-order valence-electron chi connectivity index (χ2n) is 6.75. The van der Waals surface area contributed by atoms with Gasteiger partial charge in [-0.1, -0.05) is 27.2 Å². The quantitative estimate of drug-likeness (QED) is 0.756. The van der Waals surface area contributed by atoms with E-state index in [1.807, 2.05) is 0 Å². The van der Waals surface area contributed by atoms with E-state index in [1.54, 1.807) is 0 Å². The molecule has 124 valence electrons. The third-order valence-corrected chi connectivity index (χ3v) is 7.38. The van der Waals surface area contributed by atoms with Crippen molar-refractivity contribution in [2.45, 2.75) is 64.2 Å². The molecule has 1 saturated carbocycles. The van der Waals surface area contributed by atoms with Gasteiger partial charge in [0.15, 0.2) is 9.84 Å². The Labute approximate surface area is 128 Å². The van der Waals surface area contributed by atoms with Crippen LogP contribution in [0.3, 0.4) is 0 Å². The van der Waals surface area contributed by atoms with Crippen molar-refractivity contribution in [3.8, 4) is 0 Å². The second kappa shape index (κ2) is 7.09. The molecule has 0 aromatic carbocycles. The van der Waals surface area contributed by atoms with Gasteiger partial charge in [-0.15, -0.1) is 0 Å². The van der Waals surface area contributed by atoms with Crippen molar-refractivity contribution in [1.29, 1.82) is 0 Å². The number of rotatable bonds is 6. The lowest BCUT2D eigenvalue weighted by Crippen LogP contribution is -2.48. The van der Waals surface area contributed by atoms with Crippen LogP contribution in [0.25, 0.3) is 0 Å². The number of sulfone groups is 1. The summed E-state index contributed by atoms with van der Waals surface area (Å²) in [5, 5.41) is -0.535. The highest BCUT2D eigenvalue weighted by Crippen LogP contribution is 2.41. The van der Waals surface area contributed by atoms with Crippen molar-refractivity contribution in [2.24, 2.45) is 17.1 Å². The van der Waals surface area contributed by atoms with Gasteiger partial charge in [-0.3, -0.25) is 4.79 Å². The summed E-state index contributed by atoms with van der Waals surface area (Å²) < 4.78 is 29.5. The van der Waals surface area contributed by atoms with Crippen LogP contribution in [0.4, 0.5) is 0 Å². The van der Waals surface area contributed by atoms with Crippen molar-refractivity contribution in [3.05, 3.63) is 0 Å². The number of carbonyl (C=O) groups is 1. The smallest absolute Gasteiger partial charge is 0.306 e. The van der Waals surface area contributed by atoms with E-state index in [1.165, 1.54) is 7.11 Å². The molecule has 0 radical (unpaired) electrons. The van der Waals surface area contributed by atoms with Crippen LogP contribution in [-0.4, -0.2) is 38.5 Å². The first kappa shape index (κ1) is 18.4. The summed E-state index contributed by atoms with van der Waals surface area (Å²) in [6, 6.07) is -0.323. The zero-order valence-corrected chi connectivity index (χ0v) is 14.4. The molecule has 0 bridgehead atoms. The van der Waals surface area contributed by atoms with E-state index in [9.17, 15) is 13.2 Å². The van der Waals surface area contributed by atoms with E-state index in [2.05, 4.69) is 25.5 Å². The van der Waals surface area contributed by atoms with Crippen LogP contribution in [0.15, 0.2) is 0 Å². The molecular formula is C15H29NO4S. The maximum atomic E-state index is 12.5. The molecule has 1 rings (SSSR count). The van der Waals surface area contributed by atoms with Gasteiger partial charge in [0.2, 0.25) is 0 Å². The fraction of sp³-hybridized carbons (Fsp3) is 0.933. The third-order valence-electron chi connectivity index (χ3n) is 5.14. The number of carbonyl (C=O) groups excluding carboxylic acids is 1. The van der Waals surface area contributed by atoms with Crippen LogP contribution in [-0.2, 0) is 19.4 Å². The topological polar surface area (TPSA) is 86.5 Å². The Hall–Kier alpha value is -0.620. The molecule has 0 aromatic heterocycles. The van der Waals surface area contributed by atoms with E-state index in [0.717, 1.165) is 19.3 Å². The zero-order chi connectivity index (χ0) is 16.3. The lowest BCUT2D eigenvalue weighted by molar-refractivity contribution is -0.140. The highest BCUT2D eigenvalue weighted by molar-refractivity contribution is 7.92. The molecule has 5 nitrogen and oxygen atoms in total. The minimum absolute atomic E-state index is 0.0934. The van der Waals surface area contributed by atoms with E-state index in [-0.39, 0.29) is 23.6 Å². The normalized spacial score (nSPS) is 27.4. The Kier molecular flexibility index (Phi) is 6.23. The first-order valence-electron chi connectivity index (χ1n) is 7.68. The number of esters is 1. The molecule has 1 aliphatic rings. The summed E-state index contributed by atoms with van der Waals surface area (Å²) in [6.45, 7) is 6.51. The summed E-state index contributed by atoms with van der Waals surface area (Å²) in [7, 11) is -2.10. The maximum absolute atomic E-state index is 12.5.